The highest BCUT2D eigenvalue weighted by molar-refractivity contribution is 7.91. The Kier molecular flexibility index (Phi) is 5.54. The van der Waals surface area contributed by atoms with Gasteiger partial charge in [-0.25, -0.2) is 0 Å². The summed E-state index contributed by atoms with van der Waals surface area (Å²) >= 11 is 37.8. The SMILES string of the molecule is [CH2]OS(=O)(=O)C(Cl)(Cl)C(Cl)(Cl)C(Cl)(Cl)Cl. The smallest absolute Gasteiger partial charge is 0.265 e. The third-order valence-corrected chi connectivity index (χ3v) is 7.31. The van der Waals surface area contributed by atoms with Crippen LogP contribution in [0.4, 0.5) is 0 Å². The lowest BCUT2D eigenvalue weighted by Gasteiger charge is -2.35. The molecule has 0 spiro atoms. The topological polar surface area (TPSA) is 43.4 Å². The predicted molar refractivity (Wildman–Crippen MR) is 64.5 cm³/mol. The Hall–Kier alpha value is 1.94. The molecule has 1 radical (unpaired) electrons. The molecule has 0 rings (SSSR count). The molecule has 0 aromatic carbocycles. The van der Waals surface area contributed by atoms with Crippen molar-refractivity contribution in [2.45, 2.75) is 11.8 Å². The zero-order valence-electron chi connectivity index (χ0n) is 6.49. The molecular weight excluding hydrogens is 376 g/mol. The van der Waals surface area contributed by atoms with Crippen molar-refractivity contribution in [2.24, 2.45) is 0 Å². The van der Waals surface area contributed by atoms with Crippen molar-refractivity contribution >= 4 is 91.3 Å². The van der Waals surface area contributed by atoms with Crippen LogP contribution in [0.2, 0.25) is 0 Å². The Morgan fingerprint density at radius 3 is 1.47 bits per heavy atom. The fourth-order valence-electron chi connectivity index (χ4n) is 0.396. The monoisotopic (exact) mass is 375 g/mol. The third kappa shape index (κ3) is 3.04. The standard InChI is InChI=1S/C4H2Cl7O3S/c1-14-15(12,13)4(10,11)2(5,6)3(7,8)9/h1H2. The lowest BCUT2D eigenvalue weighted by atomic mass is 10.5. The number of hydrogen-bond acceptors (Lipinski definition) is 3. The van der Waals surface area contributed by atoms with Crippen LogP contribution in [0.15, 0.2) is 0 Å². The van der Waals surface area contributed by atoms with E-state index in [0.29, 0.717) is 0 Å². The van der Waals surface area contributed by atoms with Crippen molar-refractivity contribution in [3.63, 3.8) is 0 Å². The van der Waals surface area contributed by atoms with Crippen molar-refractivity contribution in [1.29, 1.82) is 0 Å². The summed E-state index contributed by atoms with van der Waals surface area (Å²) in [5.41, 5.74) is 0. The van der Waals surface area contributed by atoms with Gasteiger partial charge in [-0.3, -0.25) is 4.18 Å². The molecule has 0 amide bonds. The van der Waals surface area contributed by atoms with Gasteiger partial charge in [0.05, 0.1) is 7.11 Å². The first-order valence-electron chi connectivity index (χ1n) is 2.82. The molecule has 0 heterocycles. The molecule has 91 valence electrons. The fourth-order valence-corrected chi connectivity index (χ4v) is 3.01. The van der Waals surface area contributed by atoms with Gasteiger partial charge < -0.3 is 0 Å². The molecule has 0 fully saturated rings. The summed E-state index contributed by atoms with van der Waals surface area (Å²) in [6, 6.07) is 0. The highest BCUT2D eigenvalue weighted by atomic mass is 35.6. The van der Waals surface area contributed by atoms with E-state index < -0.39 is 21.9 Å². The van der Waals surface area contributed by atoms with Crippen molar-refractivity contribution in [2.75, 3.05) is 0 Å². The molecule has 0 unspecified atom stereocenters. The summed E-state index contributed by atoms with van der Waals surface area (Å²) in [7, 11) is -2.02. The van der Waals surface area contributed by atoms with E-state index >= 15 is 0 Å². The maximum atomic E-state index is 11.2. The lowest BCUT2D eigenvalue weighted by molar-refractivity contribution is 0.426. The molecule has 0 aromatic rings. The molecule has 0 saturated carbocycles. The van der Waals surface area contributed by atoms with Gasteiger partial charge in [-0.1, -0.05) is 81.2 Å². The van der Waals surface area contributed by atoms with Gasteiger partial charge in [0.1, 0.15) is 0 Å². The number of halogens is 7. The van der Waals surface area contributed by atoms with Crippen molar-refractivity contribution in [3.8, 4) is 0 Å². The first-order valence-corrected chi connectivity index (χ1v) is 6.87. The first-order chi connectivity index (χ1) is 6.31. The highest BCUT2D eigenvalue weighted by Gasteiger charge is 2.67. The van der Waals surface area contributed by atoms with Crippen LogP contribution < -0.4 is 0 Å². The normalized spacial score (nSPS) is 15.5. The van der Waals surface area contributed by atoms with Crippen molar-refractivity contribution < 1.29 is 12.6 Å². The largest absolute Gasteiger partial charge is 0.305 e. The summed E-state index contributed by atoms with van der Waals surface area (Å²) in [6.07, 6.45) is 0. The van der Waals surface area contributed by atoms with Gasteiger partial charge in [0.2, 0.25) is 8.13 Å². The zero-order chi connectivity index (χ0) is 12.7. The van der Waals surface area contributed by atoms with Gasteiger partial charge in [-0.15, -0.1) is 0 Å². The van der Waals surface area contributed by atoms with Crippen LogP contribution in [0.3, 0.4) is 0 Å². The maximum absolute atomic E-state index is 11.2. The molecule has 0 aliphatic rings. The number of rotatable bonds is 3. The van der Waals surface area contributed by atoms with Crippen LogP contribution in [-0.2, 0) is 14.3 Å². The number of alkyl halides is 7. The van der Waals surface area contributed by atoms with Gasteiger partial charge in [0, 0.05) is 0 Å². The molecule has 0 N–H and O–H groups in total. The quantitative estimate of drug-likeness (QED) is 0.554. The van der Waals surface area contributed by atoms with Crippen LogP contribution in [0, 0.1) is 7.11 Å². The molecule has 3 nitrogen and oxygen atoms in total. The van der Waals surface area contributed by atoms with Crippen LogP contribution >= 0.6 is 81.2 Å². The maximum Gasteiger partial charge on any atom is 0.305 e. The molecular formula is C4H2Cl7O3S. The molecule has 0 saturated heterocycles. The Bertz CT molecular complexity index is 329. The van der Waals surface area contributed by atoms with E-state index in [4.69, 9.17) is 81.2 Å². The van der Waals surface area contributed by atoms with Crippen LogP contribution in [-0.4, -0.2) is 20.2 Å². The molecule has 0 bridgehead atoms. The van der Waals surface area contributed by atoms with Crippen LogP contribution in [0.25, 0.3) is 0 Å². The second-order valence-electron chi connectivity index (χ2n) is 2.16. The Balaban J connectivity index is 5.60. The minimum absolute atomic E-state index is 2.47. The summed E-state index contributed by atoms with van der Waals surface area (Å²) < 4.78 is 18.2. The summed E-state index contributed by atoms with van der Waals surface area (Å²) in [6.45, 7) is 0. The average molecular weight is 378 g/mol. The van der Waals surface area contributed by atoms with Gasteiger partial charge in [-0.05, 0) is 0 Å². The van der Waals surface area contributed by atoms with Crippen molar-refractivity contribution in [3.05, 3.63) is 7.11 Å². The minimum atomic E-state index is -4.64. The van der Waals surface area contributed by atoms with E-state index in [1.54, 1.807) is 0 Å². The van der Waals surface area contributed by atoms with E-state index in [1.807, 2.05) is 0 Å². The summed E-state index contributed by atoms with van der Waals surface area (Å²) in [4.78, 5) is 0. The first kappa shape index (κ1) is 16.9. The molecule has 15 heavy (non-hydrogen) atoms. The van der Waals surface area contributed by atoms with Crippen molar-refractivity contribution in [1.82, 2.24) is 0 Å². The molecule has 11 heteroatoms. The van der Waals surface area contributed by atoms with Gasteiger partial charge in [0.15, 0.2) is 0 Å². The van der Waals surface area contributed by atoms with E-state index in [0.717, 1.165) is 0 Å². The Morgan fingerprint density at radius 1 is 0.933 bits per heavy atom. The average Bonchev–Trinajstić information content (AvgIpc) is 2.01. The highest BCUT2D eigenvalue weighted by Crippen LogP contribution is 2.58. The van der Waals surface area contributed by atoms with E-state index in [1.165, 1.54) is 0 Å². The minimum Gasteiger partial charge on any atom is -0.265 e. The second-order valence-corrected chi connectivity index (χ2v) is 9.30. The van der Waals surface area contributed by atoms with Gasteiger partial charge in [-0.2, -0.15) is 8.42 Å². The third-order valence-electron chi connectivity index (χ3n) is 1.19. The molecule has 0 aliphatic heterocycles. The van der Waals surface area contributed by atoms with Crippen LogP contribution in [0.5, 0.6) is 0 Å². The fraction of sp³-hybridized carbons (Fsp3) is 0.750. The Labute approximate surface area is 122 Å². The van der Waals surface area contributed by atoms with Gasteiger partial charge >= 0.3 is 10.1 Å². The summed E-state index contributed by atoms with van der Waals surface area (Å²) in [5, 5.41) is 0. The molecule has 0 aromatic heterocycles. The van der Waals surface area contributed by atoms with E-state index in [-0.39, 0.29) is 0 Å². The molecule has 0 aliphatic carbocycles. The van der Waals surface area contributed by atoms with E-state index in [9.17, 15) is 8.42 Å². The second kappa shape index (κ2) is 4.90. The predicted octanol–water partition coefficient (Wildman–Crippen LogP) is 3.80. The molecule has 0 atom stereocenters. The zero-order valence-corrected chi connectivity index (χ0v) is 12.6. The van der Waals surface area contributed by atoms with Gasteiger partial charge in [0.25, 0.3) is 3.67 Å². The summed E-state index contributed by atoms with van der Waals surface area (Å²) in [5.74, 6) is 0. The van der Waals surface area contributed by atoms with E-state index in [2.05, 4.69) is 11.3 Å². The Morgan fingerprint density at radius 2 is 1.27 bits per heavy atom. The number of hydrogen-bond donors (Lipinski definition) is 0. The lowest BCUT2D eigenvalue weighted by Crippen LogP contribution is -2.51. The van der Waals surface area contributed by atoms with Crippen LogP contribution in [0.1, 0.15) is 0 Å².